The number of nitrogens with zero attached hydrogens (tertiary/aromatic N) is 3. The lowest BCUT2D eigenvalue weighted by molar-refractivity contribution is -0.121. The summed E-state index contributed by atoms with van der Waals surface area (Å²) in [6, 6.07) is 10.5. The van der Waals surface area contributed by atoms with Gasteiger partial charge in [0.15, 0.2) is 5.65 Å². The highest BCUT2D eigenvalue weighted by Crippen LogP contribution is 2.40. The van der Waals surface area contributed by atoms with Gasteiger partial charge in [-0.25, -0.2) is 9.50 Å². The van der Waals surface area contributed by atoms with Gasteiger partial charge in [-0.15, -0.1) is 0 Å². The van der Waals surface area contributed by atoms with Crippen molar-refractivity contribution in [3.63, 3.8) is 0 Å². The van der Waals surface area contributed by atoms with E-state index in [1.54, 1.807) is 4.52 Å². The summed E-state index contributed by atoms with van der Waals surface area (Å²) in [7, 11) is 0. The Labute approximate surface area is 182 Å². The minimum absolute atomic E-state index is 0.0411. The average molecular weight is 420 g/mol. The Morgan fingerprint density at radius 3 is 2.55 bits per heavy atom. The van der Waals surface area contributed by atoms with Crippen LogP contribution in [0.15, 0.2) is 36.5 Å². The zero-order valence-corrected chi connectivity index (χ0v) is 18.1. The number of primary amides is 1. The summed E-state index contributed by atoms with van der Waals surface area (Å²) in [6.07, 6.45) is 7.01. The van der Waals surface area contributed by atoms with Gasteiger partial charge in [0.05, 0.1) is 6.20 Å². The number of rotatable bonds is 7. The number of hydrogen-bond donors (Lipinski definition) is 2. The van der Waals surface area contributed by atoms with E-state index in [-0.39, 0.29) is 11.3 Å². The van der Waals surface area contributed by atoms with Crippen LogP contribution in [0.3, 0.4) is 0 Å². The molecule has 0 radical (unpaired) electrons. The molecule has 162 valence electrons. The number of nitrogens with two attached hydrogens (primary N) is 1. The van der Waals surface area contributed by atoms with Crippen LogP contribution in [0.5, 0.6) is 0 Å². The summed E-state index contributed by atoms with van der Waals surface area (Å²) in [5.74, 6) is -0.507. The van der Waals surface area contributed by atoms with Crippen molar-refractivity contribution >= 4 is 17.5 Å². The maximum absolute atomic E-state index is 12.7. The molecule has 1 fully saturated rings. The van der Waals surface area contributed by atoms with Crippen molar-refractivity contribution in [2.75, 3.05) is 6.54 Å². The summed E-state index contributed by atoms with van der Waals surface area (Å²) in [5, 5.41) is 7.44. The van der Waals surface area contributed by atoms with Crippen molar-refractivity contribution in [2.45, 2.75) is 57.8 Å². The zero-order chi connectivity index (χ0) is 22.0. The molecular formula is C24H29N5O2. The third kappa shape index (κ3) is 4.04. The van der Waals surface area contributed by atoms with E-state index in [4.69, 9.17) is 5.73 Å². The number of carbonyl (C=O) groups excluding carboxylic acids is 2. The van der Waals surface area contributed by atoms with Crippen LogP contribution >= 0.6 is 0 Å². The Kier molecular flexibility index (Phi) is 5.76. The molecule has 4 rings (SSSR count). The lowest BCUT2D eigenvalue weighted by Crippen LogP contribution is -2.39. The van der Waals surface area contributed by atoms with Gasteiger partial charge in [-0.1, -0.05) is 43.2 Å². The Bertz CT molecular complexity index is 1110. The highest BCUT2D eigenvalue weighted by molar-refractivity contribution is 5.98. The molecule has 3 aromatic rings. The van der Waals surface area contributed by atoms with Crippen LogP contribution < -0.4 is 11.1 Å². The Morgan fingerprint density at radius 1 is 1.16 bits per heavy atom. The SMILES string of the molecule is Cc1nc2c(C(N)=O)cnn2c(C)c1CCC(=O)NCC1(c2ccccc2)CCCC1. The topological polar surface area (TPSA) is 102 Å². The molecule has 1 saturated carbocycles. The highest BCUT2D eigenvalue weighted by Gasteiger charge is 2.35. The number of fused-ring (bicyclic) bond motifs is 1. The van der Waals surface area contributed by atoms with Crippen LogP contribution in [0.25, 0.3) is 5.65 Å². The Balaban J connectivity index is 1.44. The largest absolute Gasteiger partial charge is 0.365 e. The monoisotopic (exact) mass is 419 g/mol. The molecule has 0 bridgehead atoms. The summed E-state index contributed by atoms with van der Waals surface area (Å²) >= 11 is 0. The van der Waals surface area contributed by atoms with Crippen molar-refractivity contribution in [3.05, 3.63) is 64.6 Å². The Hall–Kier alpha value is -3.22. The first-order valence-corrected chi connectivity index (χ1v) is 10.9. The number of aryl methyl sites for hydroxylation is 2. The number of hydrogen-bond acceptors (Lipinski definition) is 4. The van der Waals surface area contributed by atoms with Gasteiger partial charge in [0, 0.05) is 29.8 Å². The molecule has 0 saturated heterocycles. The molecule has 3 N–H and O–H groups in total. The standard InChI is InChI=1S/C24H29N5O2/c1-16-19(17(2)29-23(28-16)20(14-27-29)22(25)31)10-11-21(30)26-15-24(12-6-7-13-24)18-8-4-3-5-9-18/h3-5,8-9,14H,6-7,10-13,15H2,1-2H3,(H2,25,31)(H,26,30). The van der Waals surface area contributed by atoms with Crippen molar-refractivity contribution in [1.82, 2.24) is 19.9 Å². The molecule has 0 spiro atoms. The molecule has 7 heteroatoms. The molecule has 1 aromatic carbocycles. The second kappa shape index (κ2) is 8.49. The van der Waals surface area contributed by atoms with Gasteiger partial charge >= 0.3 is 0 Å². The van der Waals surface area contributed by atoms with Crippen LogP contribution in [0.2, 0.25) is 0 Å². The molecule has 2 aromatic heterocycles. The fourth-order valence-electron chi connectivity index (χ4n) is 4.85. The van der Waals surface area contributed by atoms with Gasteiger partial charge < -0.3 is 11.1 Å². The van der Waals surface area contributed by atoms with Crippen LogP contribution in [0.4, 0.5) is 0 Å². The summed E-state index contributed by atoms with van der Waals surface area (Å²) in [5.41, 5.74) is 10.2. The van der Waals surface area contributed by atoms with Crippen molar-refractivity contribution in [1.29, 1.82) is 0 Å². The van der Waals surface area contributed by atoms with E-state index in [1.807, 2.05) is 19.9 Å². The summed E-state index contributed by atoms with van der Waals surface area (Å²) < 4.78 is 1.63. The van der Waals surface area contributed by atoms with E-state index in [1.165, 1.54) is 24.6 Å². The van der Waals surface area contributed by atoms with E-state index in [9.17, 15) is 9.59 Å². The van der Waals surface area contributed by atoms with Gasteiger partial charge in [0.1, 0.15) is 5.56 Å². The lowest BCUT2D eigenvalue weighted by Gasteiger charge is -2.30. The van der Waals surface area contributed by atoms with E-state index in [2.05, 4.69) is 39.7 Å². The van der Waals surface area contributed by atoms with Gasteiger partial charge in [-0.05, 0) is 44.2 Å². The number of amides is 2. The summed E-state index contributed by atoms with van der Waals surface area (Å²) in [4.78, 5) is 28.8. The van der Waals surface area contributed by atoms with Crippen LogP contribution in [-0.4, -0.2) is 33.0 Å². The second-order valence-corrected chi connectivity index (χ2v) is 8.55. The molecule has 1 aliphatic carbocycles. The number of benzene rings is 1. The number of nitrogens with one attached hydrogen (secondary N) is 1. The molecule has 7 nitrogen and oxygen atoms in total. The first-order valence-electron chi connectivity index (χ1n) is 10.9. The normalized spacial score (nSPS) is 15.3. The first-order chi connectivity index (χ1) is 14.9. The van der Waals surface area contributed by atoms with Crippen molar-refractivity contribution in [3.8, 4) is 0 Å². The third-order valence-electron chi connectivity index (χ3n) is 6.65. The van der Waals surface area contributed by atoms with E-state index in [0.717, 1.165) is 29.8 Å². The maximum atomic E-state index is 12.7. The number of carbonyl (C=O) groups is 2. The smallest absolute Gasteiger partial charge is 0.254 e. The van der Waals surface area contributed by atoms with E-state index in [0.29, 0.717) is 30.6 Å². The average Bonchev–Trinajstić information content (AvgIpc) is 3.41. The molecule has 0 aliphatic heterocycles. The van der Waals surface area contributed by atoms with Gasteiger partial charge in [0.25, 0.3) is 5.91 Å². The Morgan fingerprint density at radius 2 is 1.87 bits per heavy atom. The fraction of sp³-hybridized carbons (Fsp3) is 0.417. The van der Waals surface area contributed by atoms with Gasteiger partial charge in [0.2, 0.25) is 5.91 Å². The predicted molar refractivity (Wildman–Crippen MR) is 119 cm³/mol. The third-order valence-corrected chi connectivity index (χ3v) is 6.65. The number of aromatic nitrogens is 3. The molecule has 1 aliphatic rings. The fourth-order valence-corrected chi connectivity index (χ4v) is 4.85. The zero-order valence-electron chi connectivity index (χ0n) is 18.1. The molecule has 0 atom stereocenters. The van der Waals surface area contributed by atoms with Crippen LogP contribution in [0, 0.1) is 13.8 Å². The minimum atomic E-state index is -0.548. The van der Waals surface area contributed by atoms with Crippen LogP contribution in [0.1, 0.15) is 65.0 Å². The molecule has 2 amide bonds. The lowest BCUT2D eigenvalue weighted by atomic mass is 9.79. The maximum Gasteiger partial charge on any atom is 0.254 e. The molecule has 0 unspecified atom stereocenters. The van der Waals surface area contributed by atoms with E-state index < -0.39 is 5.91 Å². The van der Waals surface area contributed by atoms with Crippen LogP contribution in [-0.2, 0) is 16.6 Å². The van der Waals surface area contributed by atoms with Gasteiger partial charge in [-0.2, -0.15) is 5.10 Å². The first kappa shape index (κ1) is 21.0. The summed E-state index contributed by atoms with van der Waals surface area (Å²) in [6.45, 7) is 4.49. The molecular weight excluding hydrogens is 390 g/mol. The molecule has 2 heterocycles. The van der Waals surface area contributed by atoms with Crippen molar-refractivity contribution < 1.29 is 9.59 Å². The van der Waals surface area contributed by atoms with Gasteiger partial charge in [-0.3, -0.25) is 9.59 Å². The predicted octanol–water partition coefficient (Wildman–Crippen LogP) is 3.01. The minimum Gasteiger partial charge on any atom is -0.365 e. The quantitative estimate of drug-likeness (QED) is 0.614. The second-order valence-electron chi connectivity index (χ2n) is 8.55. The van der Waals surface area contributed by atoms with Crippen molar-refractivity contribution in [2.24, 2.45) is 5.73 Å². The highest BCUT2D eigenvalue weighted by atomic mass is 16.2. The van der Waals surface area contributed by atoms with E-state index >= 15 is 0 Å². The molecule has 31 heavy (non-hydrogen) atoms.